The van der Waals surface area contributed by atoms with Crippen molar-refractivity contribution in [1.29, 1.82) is 0 Å². The van der Waals surface area contributed by atoms with E-state index in [1.165, 1.54) is 6.21 Å². The molecule has 2 N–H and O–H groups in total. The fourth-order valence-corrected chi connectivity index (χ4v) is 1.99. The largest absolute Gasteiger partial charge is 1.00 e. The number of amides is 1. The van der Waals surface area contributed by atoms with E-state index in [0.717, 1.165) is 5.69 Å². The van der Waals surface area contributed by atoms with Crippen LogP contribution in [0.2, 0.25) is 0 Å². The Morgan fingerprint density at radius 2 is 1.79 bits per heavy atom. The van der Waals surface area contributed by atoms with Gasteiger partial charge in [-0.3, -0.25) is 10.1 Å². The first-order chi connectivity index (χ1) is 12.6. The van der Waals surface area contributed by atoms with Crippen molar-refractivity contribution in [2.75, 3.05) is 5.32 Å². The van der Waals surface area contributed by atoms with Gasteiger partial charge in [-0.25, -0.2) is 19.1 Å². The van der Waals surface area contributed by atoms with E-state index in [4.69, 9.17) is 5.21 Å². The van der Waals surface area contributed by atoms with Crippen molar-refractivity contribution in [3.63, 3.8) is 0 Å². The Balaban J connectivity index is 0.000000532. The molecule has 148 valence electrons. The molecule has 3 rings (SSSR count). The molecule has 0 aliphatic carbocycles. The third-order valence-electron chi connectivity index (χ3n) is 3.28. The average Bonchev–Trinajstić information content (AvgIpc) is 2.65. The number of anilines is 1. The van der Waals surface area contributed by atoms with Crippen LogP contribution in [-0.4, -0.2) is 27.3 Å². The minimum absolute atomic E-state index is 0. The van der Waals surface area contributed by atoms with Crippen LogP contribution in [0.15, 0.2) is 72.5 Å². The summed E-state index contributed by atoms with van der Waals surface area (Å²) in [5, 5.41) is 13.7. The first-order valence-electron chi connectivity index (χ1n) is 7.76. The van der Waals surface area contributed by atoms with Crippen molar-refractivity contribution in [2.24, 2.45) is 19.3 Å². The van der Waals surface area contributed by atoms with Gasteiger partial charge in [-0.05, 0) is 18.2 Å². The minimum atomic E-state index is -0.220. The fourth-order valence-electron chi connectivity index (χ4n) is 1.99. The van der Waals surface area contributed by atoms with E-state index in [2.05, 4.69) is 20.4 Å². The molecular weight excluding hydrogens is 586 g/mol. The molecule has 0 aromatic carbocycles. The third kappa shape index (κ3) is 8.65. The Morgan fingerprint density at radius 3 is 2.39 bits per heavy atom. The van der Waals surface area contributed by atoms with Gasteiger partial charge in [0.1, 0.15) is 25.9 Å². The van der Waals surface area contributed by atoms with Crippen molar-refractivity contribution in [3.05, 3.63) is 78.6 Å². The Bertz CT molecular complexity index is 894. The zero-order valence-electron chi connectivity index (χ0n) is 15.3. The second kappa shape index (κ2) is 13.9. The molecule has 0 radical (unpaired) electrons. The number of oxime groups is 1. The predicted molar refractivity (Wildman–Crippen MR) is 94.6 cm³/mol. The van der Waals surface area contributed by atoms with Crippen molar-refractivity contribution < 1.29 is 67.1 Å². The molecule has 0 fully saturated rings. The highest BCUT2D eigenvalue weighted by atomic mass is 127. The maximum absolute atomic E-state index is 11.8. The monoisotopic (exact) mass is 606 g/mol. The number of halogens is 2. The van der Waals surface area contributed by atoms with Crippen LogP contribution in [0.4, 0.5) is 5.95 Å². The maximum atomic E-state index is 11.8. The van der Waals surface area contributed by atoms with E-state index >= 15 is 0 Å². The van der Waals surface area contributed by atoms with Crippen molar-refractivity contribution >= 4 is 18.1 Å². The summed E-state index contributed by atoms with van der Waals surface area (Å²) in [4.78, 5) is 19.6. The van der Waals surface area contributed by atoms with E-state index in [-0.39, 0.29) is 53.9 Å². The summed E-state index contributed by atoms with van der Waals surface area (Å²) in [5.41, 5.74) is 1.43. The quantitative estimate of drug-likeness (QED) is 0.103. The highest BCUT2D eigenvalue weighted by molar-refractivity contribution is 6.02. The molecule has 3 heterocycles. The number of nitrogens with zero attached hydrogens (tertiary/aromatic N) is 5. The van der Waals surface area contributed by atoms with Gasteiger partial charge in [0, 0.05) is 30.6 Å². The molecule has 28 heavy (non-hydrogen) atoms. The lowest BCUT2D eigenvalue weighted by Crippen LogP contribution is -3.00. The van der Waals surface area contributed by atoms with E-state index in [1.54, 1.807) is 41.4 Å². The molecule has 1 amide bonds. The number of aryl methyl sites for hydroxylation is 2. The number of hydrogen-bond acceptors (Lipinski definition) is 5. The first-order valence-corrected chi connectivity index (χ1v) is 7.76. The third-order valence-corrected chi connectivity index (χ3v) is 3.28. The molecule has 0 spiro atoms. The van der Waals surface area contributed by atoms with Gasteiger partial charge in [-0.15, -0.1) is 0 Å². The number of hydrogen-bond donors (Lipinski definition) is 2. The number of carbonyl (C=O) groups is 1. The number of rotatable bonds is 3. The minimum Gasteiger partial charge on any atom is -1.00 e. The molecule has 0 aliphatic heterocycles. The van der Waals surface area contributed by atoms with Crippen LogP contribution in [0, 0.1) is 0 Å². The van der Waals surface area contributed by atoms with Crippen LogP contribution in [0.1, 0.15) is 16.1 Å². The summed E-state index contributed by atoms with van der Waals surface area (Å²) in [6, 6.07) is 10.9. The average molecular weight is 606 g/mol. The summed E-state index contributed by atoms with van der Waals surface area (Å²) >= 11 is 0. The van der Waals surface area contributed by atoms with Gasteiger partial charge in [0.2, 0.25) is 11.6 Å². The Kier molecular flexibility index (Phi) is 12.8. The molecule has 8 nitrogen and oxygen atoms in total. The number of pyridine rings is 2. The Hall–Kier alpha value is -2.22. The lowest BCUT2D eigenvalue weighted by Gasteiger charge is -2.01. The standard InChI is InChI=1S/C11H10N4O.C7H8N2O.2HI/c1-15-7-2-4-9(8-15)10(16)14-11-12-5-3-6-13-11;1-9-5-3-2-4-7(9)6-8-10;;/h2-8H,1H3;2-6H,1H3;2*1H. The van der Waals surface area contributed by atoms with Gasteiger partial charge in [-0.2, -0.15) is 0 Å². The molecule has 0 saturated heterocycles. The van der Waals surface area contributed by atoms with Crippen LogP contribution in [-0.2, 0) is 14.1 Å². The second-order valence-corrected chi connectivity index (χ2v) is 5.27. The fraction of sp³-hybridized carbons (Fsp3) is 0.111. The van der Waals surface area contributed by atoms with Crippen molar-refractivity contribution in [2.45, 2.75) is 0 Å². The number of aromatic nitrogens is 4. The number of nitrogens with one attached hydrogen (secondary N) is 1. The molecule has 0 atom stereocenters. The molecule has 0 bridgehead atoms. The molecule has 3 aromatic rings. The maximum Gasteiger partial charge on any atom is 0.264 e. The Labute approximate surface area is 197 Å². The van der Waals surface area contributed by atoms with Crippen molar-refractivity contribution in [1.82, 2.24) is 9.97 Å². The first kappa shape index (κ1) is 25.8. The molecule has 3 aromatic heterocycles. The zero-order chi connectivity index (χ0) is 18.8. The number of carbonyl (C=O) groups excluding carboxylic acids is 1. The summed E-state index contributed by atoms with van der Waals surface area (Å²) in [5.74, 6) is 0.0846. The zero-order valence-corrected chi connectivity index (χ0v) is 19.6. The molecular formula is C18H20I2N6O2. The SMILES string of the molecule is C[n+]1cccc(C(=O)Nc2ncccn2)c1.C[n+]1ccccc1C=NO.[I-].[I-]. The van der Waals surface area contributed by atoms with E-state index in [9.17, 15) is 4.79 Å². The second-order valence-electron chi connectivity index (χ2n) is 5.27. The van der Waals surface area contributed by atoms with Crippen molar-refractivity contribution in [3.8, 4) is 0 Å². The van der Waals surface area contributed by atoms with Crippen LogP contribution in [0.25, 0.3) is 0 Å². The topological polar surface area (TPSA) is 95.2 Å². The van der Waals surface area contributed by atoms with Crippen LogP contribution in [0.3, 0.4) is 0 Å². The summed E-state index contributed by atoms with van der Waals surface area (Å²) in [7, 11) is 3.74. The van der Waals surface area contributed by atoms with Gasteiger partial charge in [0.25, 0.3) is 5.91 Å². The molecule has 0 aliphatic rings. The predicted octanol–water partition coefficient (Wildman–Crippen LogP) is -5.12. The van der Waals surface area contributed by atoms with Gasteiger partial charge in [0.05, 0.1) is 0 Å². The van der Waals surface area contributed by atoms with Gasteiger partial charge >= 0.3 is 0 Å². The highest BCUT2D eigenvalue weighted by Gasteiger charge is 2.09. The highest BCUT2D eigenvalue weighted by Crippen LogP contribution is 2.00. The normalized spacial score (nSPS) is 9.36. The van der Waals surface area contributed by atoms with Crippen LogP contribution < -0.4 is 62.4 Å². The summed E-state index contributed by atoms with van der Waals surface area (Å²) < 4.78 is 3.67. The van der Waals surface area contributed by atoms with E-state index in [0.29, 0.717) is 11.5 Å². The molecule has 0 unspecified atom stereocenters. The lowest BCUT2D eigenvalue weighted by molar-refractivity contribution is -0.672. The van der Waals surface area contributed by atoms with Gasteiger partial charge < -0.3 is 53.2 Å². The lowest BCUT2D eigenvalue weighted by atomic mass is 10.3. The summed E-state index contributed by atoms with van der Waals surface area (Å²) in [6.45, 7) is 0. The van der Waals surface area contributed by atoms with E-state index in [1.807, 2.05) is 49.3 Å². The molecule has 0 saturated carbocycles. The van der Waals surface area contributed by atoms with Gasteiger partial charge in [0.15, 0.2) is 18.6 Å². The van der Waals surface area contributed by atoms with E-state index < -0.39 is 0 Å². The molecule has 10 heteroatoms. The van der Waals surface area contributed by atoms with Crippen LogP contribution in [0.5, 0.6) is 0 Å². The smallest absolute Gasteiger partial charge is 0.264 e. The summed E-state index contributed by atoms with van der Waals surface area (Å²) in [6.07, 6.45) is 10.0. The van der Waals surface area contributed by atoms with Crippen LogP contribution >= 0.6 is 0 Å². The van der Waals surface area contributed by atoms with Gasteiger partial charge in [-0.1, -0.05) is 5.16 Å². The Morgan fingerprint density at radius 1 is 1.07 bits per heavy atom.